The van der Waals surface area contributed by atoms with Crippen molar-refractivity contribution >= 4 is 29.3 Å². The number of nitrogens with zero attached hydrogens (tertiary/aromatic N) is 1. The van der Waals surface area contributed by atoms with Gasteiger partial charge >= 0.3 is 5.97 Å². The molecule has 1 unspecified atom stereocenters. The standard InChI is InChI=1S/C23H32ClNO4/c1-5-18(6-2)25-20(16-8-10-17(24)11-9-16)12-13-23(4,22(25)28)15-19(26)14-21(27)29-7-3/h8-11,18,20H,5-7,12-15H2,1-4H3/t20?,23-/m1/s1. The van der Waals surface area contributed by atoms with Crippen LogP contribution in [0.25, 0.3) is 0 Å². The highest BCUT2D eigenvalue weighted by Gasteiger charge is 2.47. The van der Waals surface area contributed by atoms with E-state index in [1.54, 1.807) is 6.92 Å². The highest BCUT2D eigenvalue weighted by molar-refractivity contribution is 6.30. The molecule has 1 aliphatic rings. The zero-order valence-corrected chi connectivity index (χ0v) is 18.6. The second-order valence-electron chi connectivity index (χ2n) is 8.05. The summed E-state index contributed by atoms with van der Waals surface area (Å²) in [7, 11) is 0. The van der Waals surface area contributed by atoms with Crippen LogP contribution in [0, 0.1) is 5.41 Å². The van der Waals surface area contributed by atoms with Crippen molar-refractivity contribution in [1.82, 2.24) is 4.90 Å². The van der Waals surface area contributed by atoms with Crippen LogP contribution >= 0.6 is 11.6 Å². The lowest BCUT2D eigenvalue weighted by molar-refractivity contribution is -0.157. The number of benzene rings is 1. The Labute approximate surface area is 178 Å². The summed E-state index contributed by atoms with van der Waals surface area (Å²) in [6, 6.07) is 7.72. The molecule has 29 heavy (non-hydrogen) atoms. The van der Waals surface area contributed by atoms with Gasteiger partial charge in [-0.15, -0.1) is 0 Å². The van der Waals surface area contributed by atoms with Crippen LogP contribution in [0.15, 0.2) is 24.3 Å². The molecule has 5 nitrogen and oxygen atoms in total. The number of halogens is 1. The smallest absolute Gasteiger partial charge is 0.313 e. The van der Waals surface area contributed by atoms with E-state index in [9.17, 15) is 14.4 Å². The molecule has 0 bridgehead atoms. The minimum absolute atomic E-state index is 0.00499. The van der Waals surface area contributed by atoms with Crippen LogP contribution in [-0.4, -0.2) is 35.2 Å². The number of ether oxygens (including phenoxy) is 1. The van der Waals surface area contributed by atoms with Gasteiger partial charge in [0.25, 0.3) is 0 Å². The number of hydrogen-bond donors (Lipinski definition) is 0. The summed E-state index contributed by atoms with van der Waals surface area (Å²) in [4.78, 5) is 39.7. The first-order valence-corrected chi connectivity index (χ1v) is 10.9. The van der Waals surface area contributed by atoms with Gasteiger partial charge in [0.2, 0.25) is 5.91 Å². The molecule has 0 saturated carbocycles. The summed E-state index contributed by atoms with van der Waals surface area (Å²) in [5.41, 5.74) is 0.268. The number of piperidine rings is 1. The summed E-state index contributed by atoms with van der Waals surface area (Å²) >= 11 is 6.04. The van der Waals surface area contributed by atoms with Gasteiger partial charge < -0.3 is 9.64 Å². The number of likely N-dealkylation sites (tertiary alicyclic amines) is 1. The molecule has 1 aromatic rings. The fourth-order valence-electron chi connectivity index (χ4n) is 4.30. The number of Topliss-reactive ketones (excluding diaryl/α,β-unsaturated/α-hetero) is 1. The minimum Gasteiger partial charge on any atom is -0.466 e. The second kappa shape index (κ2) is 10.2. The largest absolute Gasteiger partial charge is 0.466 e. The quantitative estimate of drug-likeness (QED) is 0.410. The summed E-state index contributed by atoms with van der Waals surface area (Å²) in [5, 5.41) is 0.666. The lowest BCUT2D eigenvalue weighted by Gasteiger charge is -2.48. The molecular weight excluding hydrogens is 390 g/mol. The first-order chi connectivity index (χ1) is 13.8. The molecule has 1 saturated heterocycles. The topological polar surface area (TPSA) is 63.7 Å². The molecular formula is C23H32ClNO4. The predicted molar refractivity (Wildman–Crippen MR) is 114 cm³/mol. The van der Waals surface area contributed by atoms with E-state index in [-0.39, 0.29) is 43.2 Å². The number of amides is 1. The van der Waals surface area contributed by atoms with Gasteiger partial charge in [-0.1, -0.05) is 44.5 Å². The highest BCUT2D eigenvalue weighted by atomic mass is 35.5. The van der Waals surface area contributed by atoms with Crippen molar-refractivity contribution in [3.63, 3.8) is 0 Å². The normalized spacial score (nSPS) is 22.1. The van der Waals surface area contributed by atoms with Gasteiger partial charge in [-0.2, -0.15) is 0 Å². The average Bonchev–Trinajstić information content (AvgIpc) is 2.67. The van der Waals surface area contributed by atoms with Gasteiger partial charge in [0.15, 0.2) is 0 Å². The van der Waals surface area contributed by atoms with E-state index in [1.165, 1.54) is 0 Å². The van der Waals surface area contributed by atoms with Crippen molar-refractivity contribution in [3.8, 4) is 0 Å². The van der Waals surface area contributed by atoms with Crippen molar-refractivity contribution < 1.29 is 19.1 Å². The van der Waals surface area contributed by atoms with E-state index in [1.807, 2.05) is 36.1 Å². The van der Waals surface area contributed by atoms with Gasteiger partial charge in [-0.05, 0) is 50.3 Å². The summed E-state index contributed by atoms with van der Waals surface area (Å²) in [5.74, 6) is -0.774. The molecule has 0 spiro atoms. The highest BCUT2D eigenvalue weighted by Crippen LogP contribution is 2.44. The number of rotatable bonds is 9. The van der Waals surface area contributed by atoms with Crippen LogP contribution in [0.5, 0.6) is 0 Å². The van der Waals surface area contributed by atoms with E-state index < -0.39 is 11.4 Å². The molecule has 6 heteroatoms. The van der Waals surface area contributed by atoms with Crippen molar-refractivity contribution in [2.24, 2.45) is 5.41 Å². The van der Waals surface area contributed by atoms with Gasteiger partial charge in [-0.25, -0.2) is 0 Å². The maximum atomic E-state index is 13.6. The van der Waals surface area contributed by atoms with Crippen LogP contribution in [0.4, 0.5) is 0 Å². The van der Waals surface area contributed by atoms with Crippen LogP contribution in [0.2, 0.25) is 5.02 Å². The first kappa shape index (κ1) is 23.4. The Hall–Kier alpha value is -1.88. The first-order valence-electron chi connectivity index (χ1n) is 10.5. The molecule has 1 fully saturated rings. The van der Waals surface area contributed by atoms with Gasteiger partial charge in [-0.3, -0.25) is 14.4 Å². The van der Waals surface area contributed by atoms with Crippen LogP contribution in [-0.2, 0) is 19.1 Å². The van der Waals surface area contributed by atoms with Crippen molar-refractivity contribution in [1.29, 1.82) is 0 Å². The number of esters is 1. The zero-order chi connectivity index (χ0) is 21.6. The molecule has 0 aliphatic carbocycles. The minimum atomic E-state index is -0.797. The summed E-state index contributed by atoms with van der Waals surface area (Å²) < 4.78 is 4.87. The maximum absolute atomic E-state index is 13.6. The van der Waals surface area contributed by atoms with E-state index >= 15 is 0 Å². The van der Waals surface area contributed by atoms with Crippen LogP contribution in [0.1, 0.15) is 77.8 Å². The zero-order valence-electron chi connectivity index (χ0n) is 17.9. The fourth-order valence-corrected chi connectivity index (χ4v) is 4.43. The molecule has 1 aliphatic heterocycles. The summed E-state index contributed by atoms with van der Waals surface area (Å²) in [6.07, 6.45) is 2.85. The van der Waals surface area contributed by atoms with Crippen molar-refractivity contribution in [2.75, 3.05) is 6.61 Å². The van der Waals surface area contributed by atoms with Crippen LogP contribution < -0.4 is 0 Å². The predicted octanol–water partition coefficient (Wildman–Crippen LogP) is 5.11. The van der Waals surface area contributed by atoms with E-state index in [2.05, 4.69) is 13.8 Å². The lowest BCUT2D eigenvalue weighted by atomic mass is 9.73. The second-order valence-corrected chi connectivity index (χ2v) is 8.48. The number of ketones is 1. The molecule has 1 heterocycles. The Bertz CT molecular complexity index is 729. The third-order valence-electron chi connectivity index (χ3n) is 5.88. The molecule has 1 aromatic carbocycles. The summed E-state index contributed by atoms with van der Waals surface area (Å²) in [6.45, 7) is 7.97. The van der Waals surface area contributed by atoms with Crippen molar-refractivity contribution in [3.05, 3.63) is 34.9 Å². The third kappa shape index (κ3) is 5.59. The molecule has 160 valence electrons. The molecule has 0 radical (unpaired) electrons. The average molecular weight is 422 g/mol. The maximum Gasteiger partial charge on any atom is 0.313 e. The van der Waals surface area contributed by atoms with Gasteiger partial charge in [0, 0.05) is 17.5 Å². The molecule has 2 rings (SSSR count). The molecule has 0 aromatic heterocycles. The van der Waals surface area contributed by atoms with Gasteiger partial charge in [0.05, 0.1) is 18.1 Å². The number of hydrogen-bond acceptors (Lipinski definition) is 4. The Morgan fingerprint density at radius 1 is 1.21 bits per heavy atom. The molecule has 1 amide bonds. The lowest BCUT2D eigenvalue weighted by Crippen LogP contribution is -2.53. The molecule has 2 atom stereocenters. The van der Waals surface area contributed by atoms with E-state index in [4.69, 9.17) is 16.3 Å². The Morgan fingerprint density at radius 3 is 2.38 bits per heavy atom. The number of carbonyl (C=O) groups excluding carboxylic acids is 3. The third-order valence-corrected chi connectivity index (χ3v) is 6.13. The SMILES string of the molecule is CCOC(=O)CC(=O)C[C@@]1(C)CCC(c2ccc(Cl)cc2)N(C(CC)CC)C1=O. The molecule has 0 N–H and O–H groups in total. The Morgan fingerprint density at radius 2 is 1.83 bits per heavy atom. The fraction of sp³-hybridized carbons (Fsp3) is 0.609. The Balaban J connectivity index is 2.26. The van der Waals surface area contributed by atoms with Gasteiger partial charge in [0.1, 0.15) is 12.2 Å². The van der Waals surface area contributed by atoms with E-state index in [0.717, 1.165) is 24.8 Å². The van der Waals surface area contributed by atoms with E-state index in [0.29, 0.717) is 11.4 Å². The Kier molecular flexibility index (Phi) is 8.26. The van der Waals surface area contributed by atoms with Crippen molar-refractivity contribution in [2.45, 2.75) is 78.3 Å². The van der Waals surface area contributed by atoms with Crippen LogP contribution in [0.3, 0.4) is 0 Å². The number of carbonyl (C=O) groups is 3. The monoisotopic (exact) mass is 421 g/mol.